The number of ether oxygens (including phenoxy) is 1. The van der Waals surface area contributed by atoms with E-state index in [4.69, 9.17) is 4.74 Å². The van der Waals surface area contributed by atoms with Gasteiger partial charge in [-0.1, -0.05) is 140 Å². The van der Waals surface area contributed by atoms with E-state index >= 15 is 0 Å². The van der Waals surface area contributed by atoms with E-state index < -0.39 is 22.9 Å². The molecule has 0 heterocycles. The van der Waals surface area contributed by atoms with Crippen LogP contribution in [0.25, 0.3) is 11.1 Å². The van der Waals surface area contributed by atoms with Gasteiger partial charge in [-0.2, -0.15) is 0 Å². The summed E-state index contributed by atoms with van der Waals surface area (Å²) in [6, 6.07) is 44.8. The van der Waals surface area contributed by atoms with Crippen molar-refractivity contribution in [2.24, 2.45) is 0 Å². The lowest BCUT2D eigenvalue weighted by molar-refractivity contribution is -0.144. The van der Waals surface area contributed by atoms with E-state index in [1.807, 2.05) is 127 Å². The zero-order chi connectivity index (χ0) is 29.6. The second-order valence-electron chi connectivity index (χ2n) is 10.4. The van der Waals surface area contributed by atoms with Gasteiger partial charge in [0.25, 0.3) is 0 Å². The summed E-state index contributed by atoms with van der Waals surface area (Å²) in [5.41, 5.74) is 7.40. The van der Waals surface area contributed by atoms with Gasteiger partial charge >= 0.3 is 12.1 Å². The smallest absolute Gasteiger partial charge is 0.407 e. The van der Waals surface area contributed by atoms with Crippen LogP contribution >= 0.6 is 11.8 Å². The summed E-state index contributed by atoms with van der Waals surface area (Å²) < 4.78 is 4.92. The second-order valence-corrected chi connectivity index (χ2v) is 11.7. The first-order chi connectivity index (χ1) is 21.1. The highest BCUT2D eigenvalue weighted by Gasteiger charge is 2.39. The van der Waals surface area contributed by atoms with Crippen molar-refractivity contribution in [1.29, 1.82) is 0 Å². The van der Waals surface area contributed by atoms with Crippen molar-refractivity contribution < 1.29 is 19.4 Å². The predicted octanol–water partition coefficient (Wildman–Crippen LogP) is 7.58. The fourth-order valence-corrected chi connectivity index (χ4v) is 7.47. The largest absolute Gasteiger partial charge is 0.449 e. The van der Waals surface area contributed by atoms with Crippen LogP contribution in [0.5, 0.6) is 0 Å². The Balaban J connectivity index is 1.23. The summed E-state index contributed by atoms with van der Waals surface area (Å²) >= 11 is 1.44. The molecule has 0 fully saturated rings. The first kappa shape index (κ1) is 28.3. The number of amides is 1. The summed E-state index contributed by atoms with van der Waals surface area (Å²) in [5, 5.41) is 14.9. The molecular formula is C37H30NO4S. The maximum absolute atomic E-state index is 13.0. The van der Waals surface area contributed by atoms with Crippen LogP contribution in [0, 0.1) is 0 Å². The van der Waals surface area contributed by atoms with Crippen molar-refractivity contribution in [3.8, 4) is 11.1 Å². The van der Waals surface area contributed by atoms with Gasteiger partial charge in [0.2, 0.25) is 0 Å². The SMILES string of the molecule is [O]C(=O)[C@H](CSC(c1ccccc1)(c1ccccc1)c1ccccc1)NC(=O)OCC1c2ccccc2-c2ccccc21. The molecule has 0 saturated carbocycles. The van der Waals surface area contributed by atoms with Crippen molar-refractivity contribution in [2.75, 3.05) is 12.4 Å². The molecule has 0 bridgehead atoms. The number of hydrogen-bond acceptors (Lipinski definition) is 4. The van der Waals surface area contributed by atoms with Crippen LogP contribution in [-0.2, 0) is 19.4 Å². The zero-order valence-corrected chi connectivity index (χ0v) is 24.2. The van der Waals surface area contributed by atoms with Gasteiger partial charge in [0.05, 0.1) is 4.75 Å². The van der Waals surface area contributed by atoms with Crippen molar-refractivity contribution in [3.63, 3.8) is 0 Å². The van der Waals surface area contributed by atoms with Crippen LogP contribution in [0.4, 0.5) is 4.79 Å². The monoisotopic (exact) mass is 584 g/mol. The summed E-state index contributed by atoms with van der Waals surface area (Å²) in [6.45, 7) is 0.0920. The molecule has 213 valence electrons. The molecular weight excluding hydrogens is 554 g/mol. The van der Waals surface area contributed by atoms with Gasteiger partial charge in [0, 0.05) is 11.7 Å². The van der Waals surface area contributed by atoms with Crippen LogP contribution in [-0.4, -0.2) is 30.5 Å². The molecule has 6 heteroatoms. The van der Waals surface area contributed by atoms with Gasteiger partial charge < -0.3 is 10.1 Å². The Kier molecular flexibility index (Phi) is 8.29. The lowest BCUT2D eigenvalue weighted by Crippen LogP contribution is -2.44. The molecule has 0 aromatic heterocycles. The summed E-state index contributed by atoms with van der Waals surface area (Å²) in [6.07, 6.45) is -0.790. The highest BCUT2D eigenvalue weighted by molar-refractivity contribution is 8.00. The maximum Gasteiger partial charge on any atom is 0.407 e. The predicted molar refractivity (Wildman–Crippen MR) is 169 cm³/mol. The Labute approximate surface area is 255 Å². The third-order valence-corrected chi connectivity index (χ3v) is 9.57. The van der Waals surface area contributed by atoms with Gasteiger partial charge in [-0.15, -0.1) is 11.8 Å². The summed E-state index contributed by atoms with van der Waals surface area (Å²) in [4.78, 5) is 25.4. The molecule has 5 nitrogen and oxygen atoms in total. The van der Waals surface area contributed by atoms with Crippen LogP contribution < -0.4 is 5.32 Å². The standard InChI is InChI=1S/C37H30NO4S/c39-35(40)34(38-36(41)42-24-33-31-22-12-10-20-29(31)30-21-11-13-23-32(30)33)25-43-37(26-14-4-1-5-15-26,27-16-6-2-7-17-27)28-18-8-3-9-19-28/h1-23,33-34H,24-25H2,(H,38,41)/t34-/m0/s1. The number of nitrogens with one attached hydrogen (secondary N) is 1. The first-order valence-electron chi connectivity index (χ1n) is 14.2. The third-order valence-electron chi connectivity index (χ3n) is 7.93. The van der Waals surface area contributed by atoms with E-state index in [0.29, 0.717) is 0 Å². The number of fused-ring (bicyclic) bond motifs is 3. The van der Waals surface area contributed by atoms with Crippen LogP contribution in [0.15, 0.2) is 140 Å². The third kappa shape index (κ3) is 5.66. The van der Waals surface area contributed by atoms with E-state index in [0.717, 1.165) is 38.9 Å². The van der Waals surface area contributed by atoms with Gasteiger partial charge in [-0.25, -0.2) is 14.7 Å². The topological polar surface area (TPSA) is 75.3 Å². The quantitative estimate of drug-likeness (QED) is 0.172. The summed E-state index contributed by atoms with van der Waals surface area (Å²) in [5.74, 6) is -1.45. The number of thioether (sulfide) groups is 1. The lowest BCUT2D eigenvalue weighted by Gasteiger charge is -2.36. The zero-order valence-electron chi connectivity index (χ0n) is 23.4. The van der Waals surface area contributed by atoms with Gasteiger partial charge in [0.15, 0.2) is 0 Å². The van der Waals surface area contributed by atoms with Gasteiger partial charge in [-0.05, 0) is 38.9 Å². The number of rotatable bonds is 10. The molecule has 0 spiro atoms. The Hall–Kier alpha value is -4.81. The minimum atomic E-state index is -1.37. The number of alkyl carbamates (subject to hydrolysis) is 1. The van der Waals surface area contributed by atoms with Crippen LogP contribution in [0.1, 0.15) is 33.7 Å². The number of carbonyl (C=O) groups is 2. The average Bonchev–Trinajstić information content (AvgIpc) is 3.38. The second kappa shape index (κ2) is 12.6. The lowest BCUT2D eigenvalue weighted by atomic mass is 9.84. The molecule has 5 aromatic carbocycles. The molecule has 1 N–H and O–H groups in total. The van der Waals surface area contributed by atoms with E-state index in [1.54, 1.807) is 0 Å². The molecule has 0 aliphatic heterocycles. The normalized spacial score (nSPS) is 13.0. The van der Waals surface area contributed by atoms with Crippen molar-refractivity contribution >= 4 is 23.8 Å². The molecule has 43 heavy (non-hydrogen) atoms. The van der Waals surface area contributed by atoms with E-state index in [2.05, 4.69) is 17.4 Å². The fraction of sp³-hybridized carbons (Fsp3) is 0.135. The maximum atomic E-state index is 13.0. The molecule has 1 aliphatic rings. The van der Waals surface area contributed by atoms with E-state index in [1.165, 1.54) is 11.8 Å². The number of carbonyl (C=O) groups excluding carboxylic acids is 2. The molecule has 1 atom stereocenters. The molecule has 0 saturated heterocycles. The first-order valence-corrected chi connectivity index (χ1v) is 15.2. The van der Waals surface area contributed by atoms with Gasteiger partial charge in [0.1, 0.15) is 12.6 Å². The molecule has 1 radical (unpaired) electrons. The van der Waals surface area contributed by atoms with E-state index in [-0.39, 0.29) is 18.3 Å². The molecule has 1 amide bonds. The van der Waals surface area contributed by atoms with Crippen molar-refractivity contribution in [2.45, 2.75) is 16.7 Å². The Morgan fingerprint density at radius 3 is 1.51 bits per heavy atom. The van der Waals surface area contributed by atoms with Gasteiger partial charge in [-0.3, -0.25) is 0 Å². The molecule has 6 rings (SSSR count). The Morgan fingerprint density at radius 2 is 1.07 bits per heavy atom. The van der Waals surface area contributed by atoms with Crippen molar-refractivity contribution in [1.82, 2.24) is 5.32 Å². The van der Waals surface area contributed by atoms with Crippen LogP contribution in [0.2, 0.25) is 0 Å². The minimum Gasteiger partial charge on any atom is -0.449 e. The Morgan fingerprint density at radius 1 is 0.651 bits per heavy atom. The highest BCUT2D eigenvalue weighted by Crippen LogP contribution is 2.49. The average molecular weight is 585 g/mol. The van der Waals surface area contributed by atoms with E-state index in [9.17, 15) is 14.7 Å². The Bertz CT molecular complexity index is 1570. The highest BCUT2D eigenvalue weighted by atomic mass is 32.2. The number of hydrogen-bond donors (Lipinski definition) is 1. The summed E-state index contributed by atoms with van der Waals surface area (Å²) in [7, 11) is 0. The fourth-order valence-electron chi connectivity index (χ4n) is 5.93. The van der Waals surface area contributed by atoms with Crippen LogP contribution in [0.3, 0.4) is 0 Å². The molecule has 5 aromatic rings. The van der Waals surface area contributed by atoms with Crippen molar-refractivity contribution in [3.05, 3.63) is 167 Å². The minimum absolute atomic E-state index is 0.0468. The number of benzene rings is 5. The molecule has 1 aliphatic carbocycles. The molecule has 0 unspecified atom stereocenters.